The minimum Gasteiger partial charge on any atom is -0.298 e. The van der Waals surface area contributed by atoms with E-state index in [1.165, 1.54) is 11.3 Å². The fourth-order valence-electron chi connectivity index (χ4n) is 2.88. The molecule has 2 heterocycles. The number of hydrogen-bond donors (Lipinski definition) is 1. The number of aryl methyl sites for hydroxylation is 1. The van der Waals surface area contributed by atoms with Crippen LogP contribution in [0.4, 0.5) is 5.13 Å². The van der Waals surface area contributed by atoms with Crippen LogP contribution in [0.2, 0.25) is 0 Å². The average Bonchev–Trinajstić information content (AvgIpc) is 3.34. The summed E-state index contributed by atoms with van der Waals surface area (Å²) >= 11 is 1.46. The third kappa shape index (κ3) is 3.96. The monoisotopic (exact) mass is 374 g/mol. The third-order valence-electron chi connectivity index (χ3n) is 4.18. The number of thiazole rings is 1. The zero-order valence-electron chi connectivity index (χ0n) is 14.8. The fraction of sp³-hybridized carbons (Fsp3) is 0.0952. The van der Waals surface area contributed by atoms with E-state index >= 15 is 0 Å². The summed E-state index contributed by atoms with van der Waals surface area (Å²) in [6.45, 7) is 2.69. The Kier molecular flexibility index (Phi) is 4.80. The molecule has 0 fully saturated rings. The molecule has 5 nitrogen and oxygen atoms in total. The topological polar surface area (TPSA) is 59.8 Å². The Morgan fingerprint density at radius 1 is 1.11 bits per heavy atom. The predicted octanol–water partition coefficient (Wildman–Crippen LogP) is 4.62. The first kappa shape index (κ1) is 17.2. The van der Waals surface area contributed by atoms with Gasteiger partial charge in [-0.1, -0.05) is 42.5 Å². The summed E-state index contributed by atoms with van der Waals surface area (Å²) in [6.07, 6.45) is 5.46. The van der Waals surface area contributed by atoms with Gasteiger partial charge in [0.05, 0.1) is 6.54 Å². The molecule has 0 aliphatic carbocycles. The lowest BCUT2D eigenvalue weighted by Crippen LogP contribution is -2.12. The van der Waals surface area contributed by atoms with Gasteiger partial charge in [-0.3, -0.25) is 14.8 Å². The van der Waals surface area contributed by atoms with Gasteiger partial charge < -0.3 is 0 Å². The summed E-state index contributed by atoms with van der Waals surface area (Å²) in [5, 5.41) is 7.73. The van der Waals surface area contributed by atoms with Crippen molar-refractivity contribution in [1.29, 1.82) is 0 Å². The number of carbonyl (C=O) groups is 1. The molecule has 0 aliphatic heterocycles. The minimum atomic E-state index is -0.152. The Bertz CT molecular complexity index is 1050. The van der Waals surface area contributed by atoms with Crippen molar-refractivity contribution in [2.24, 2.45) is 0 Å². The number of nitrogens with one attached hydrogen (secondary N) is 1. The zero-order chi connectivity index (χ0) is 18.6. The van der Waals surface area contributed by atoms with Gasteiger partial charge in [-0.25, -0.2) is 4.98 Å². The third-order valence-corrected chi connectivity index (χ3v) is 5.01. The highest BCUT2D eigenvalue weighted by Gasteiger charge is 2.14. The Labute approximate surface area is 161 Å². The average molecular weight is 374 g/mol. The first-order valence-electron chi connectivity index (χ1n) is 8.58. The molecule has 134 valence electrons. The van der Waals surface area contributed by atoms with Gasteiger partial charge in [0.2, 0.25) is 0 Å². The maximum Gasteiger partial charge on any atom is 0.258 e. The number of amides is 1. The molecule has 0 unspecified atom stereocenters. The summed E-state index contributed by atoms with van der Waals surface area (Å²) in [5.74, 6) is -0.152. The van der Waals surface area contributed by atoms with E-state index in [0.717, 1.165) is 28.1 Å². The Balaban J connectivity index is 1.57. The zero-order valence-corrected chi connectivity index (χ0v) is 15.6. The van der Waals surface area contributed by atoms with E-state index < -0.39 is 0 Å². The Hall–Kier alpha value is -3.25. The predicted molar refractivity (Wildman–Crippen MR) is 108 cm³/mol. The number of hydrogen-bond acceptors (Lipinski definition) is 4. The van der Waals surface area contributed by atoms with Crippen molar-refractivity contribution < 1.29 is 4.79 Å². The van der Waals surface area contributed by atoms with Gasteiger partial charge in [-0.2, -0.15) is 5.10 Å². The van der Waals surface area contributed by atoms with Crippen LogP contribution >= 0.6 is 11.3 Å². The highest BCUT2D eigenvalue weighted by molar-refractivity contribution is 7.15. The van der Waals surface area contributed by atoms with E-state index in [9.17, 15) is 4.79 Å². The van der Waals surface area contributed by atoms with Crippen LogP contribution in [-0.4, -0.2) is 20.7 Å². The van der Waals surface area contributed by atoms with Crippen LogP contribution in [-0.2, 0) is 6.54 Å². The number of aromatic nitrogens is 3. The van der Waals surface area contributed by atoms with Crippen molar-refractivity contribution in [1.82, 2.24) is 14.8 Å². The molecule has 1 N–H and O–H groups in total. The van der Waals surface area contributed by atoms with Crippen LogP contribution in [0.3, 0.4) is 0 Å². The Morgan fingerprint density at radius 2 is 1.93 bits per heavy atom. The van der Waals surface area contributed by atoms with E-state index in [1.807, 2.05) is 60.3 Å². The first-order valence-corrected chi connectivity index (χ1v) is 9.40. The molecule has 0 aliphatic rings. The van der Waals surface area contributed by atoms with E-state index in [4.69, 9.17) is 0 Å². The largest absolute Gasteiger partial charge is 0.298 e. The van der Waals surface area contributed by atoms with Crippen LogP contribution in [0.15, 0.2) is 73.2 Å². The van der Waals surface area contributed by atoms with Gasteiger partial charge in [0.25, 0.3) is 5.91 Å². The lowest BCUT2D eigenvalue weighted by atomic mass is 9.98. The molecule has 4 rings (SSSR count). The minimum absolute atomic E-state index is 0.152. The second-order valence-electron chi connectivity index (χ2n) is 6.18. The second kappa shape index (κ2) is 7.55. The van der Waals surface area contributed by atoms with Gasteiger partial charge in [0, 0.05) is 29.0 Å². The quantitative estimate of drug-likeness (QED) is 0.555. The van der Waals surface area contributed by atoms with Gasteiger partial charge in [0.1, 0.15) is 0 Å². The van der Waals surface area contributed by atoms with E-state index in [2.05, 4.69) is 27.5 Å². The molecule has 2 aromatic heterocycles. The molecular formula is C21H18N4OS. The summed E-state index contributed by atoms with van der Waals surface area (Å²) in [6, 6.07) is 17.7. The molecule has 0 saturated heterocycles. The molecule has 0 spiro atoms. The van der Waals surface area contributed by atoms with Crippen molar-refractivity contribution in [3.8, 4) is 11.1 Å². The van der Waals surface area contributed by atoms with Gasteiger partial charge in [0.15, 0.2) is 5.13 Å². The van der Waals surface area contributed by atoms with E-state index in [0.29, 0.717) is 10.7 Å². The van der Waals surface area contributed by atoms with Crippen LogP contribution < -0.4 is 5.32 Å². The SMILES string of the molecule is Cc1cnc(NC(=O)c2ccccc2-c2ccc(Cn3cccn3)cc2)s1. The lowest BCUT2D eigenvalue weighted by molar-refractivity contribution is 0.102. The highest BCUT2D eigenvalue weighted by atomic mass is 32.1. The molecule has 4 aromatic rings. The maximum absolute atomic E-state index is 12.7. The Morgan fingerprint density at radius 3 is 2.63 bits per heavy atom. The first-order chi connectivity index (χ1) is 13.2. The van der Waals surface area contributed by atoms with Crippen LogP contribution in [0, 0.1) is 6.92 Å². The normalized spacial score (nSPS) is 10.7. The van der Waals surface area contributed by atoms with Crippen molar-refractivity contribution in [2.75, 3.05) is 5.32 Å². The molecule has 0 bridgehead atoms. The smallest absolute Gasteiger partial charge is 0.258 e. The van der Waals surface area contributed by atoms with Crippen LogP contribution in [0.25, 0.3) is 11.1 Å². The molecule has 2 aromatic carbocycles. The van der Waals surface area contributed by atoms with Crippen LogP contribution in [0.5, 0.6) is 0 Å². The molecular weight excluding hydrogens is 356 g/mol. The number of carbonyl (C=O) groups excluding carboxylic acids is 1. The molecule has 6 heteroatoms. The van der Waals surface area contributed by atoms with Gasteiger partial charge in [-0.05, 0) is 35.7 Å². The van der Waals surface area contributed by atoms with Crippen LogP contribution in [0.1, 0.15) is 20.8 Å². The molecule has 0 radical (unpaired) electrons. The van der Waals surface area contributed by atoms with Gasteiger partial charge in [-0.15, -0.1) is 11.3 Å². The fourth-order valence-corrected chi connectivity index (χ4v) is 3.54. The molecule has 27 heavy (non-hydrogen) atoms. The molecule has 0 saturated carbocycles. The lowest BCUT2D eigenvalue weighted by Gasteiger charge is -2.10. The standard InChI is InChI=1S/C21H18N4OS/c1-15-13-22-21(27-15)24-20(26)19-6-3-2-5-18(19)17-9-7-16(8-10-17)14-25-12-4-11-23-25/h2-13H,14H2,1H3,(H,22,24,26). The van der Waals surface area contributed by atoms with E-state index in [-0.39, 0.29) is 5.91 Å². The summed E-state index contributed by atoms with van der Waals surface area (Å²) in [5.41, 5.74) is 3.68. The van der Waals surface area contributed by atoms with Crippen molar-refractivity contribution in [2.45, 2.75) is 13.5 Å². The number of anilines is 1. The van der Waals surface area contributed by atoms with Gasteiger partial charge >= 0.3 is 0 Å². The van der Waals surface area contributed by atoms with Crippen molar-refractivity contribution in [3.63, 3.8) is 0 Å². The number of nitrogens with zero attached hydrogens (tertiary/aromatic N) is 3. The van der Waals surface area contributed by atoms with E-state index in [1.54, 1.807) is 12.4 Å². The van der Waals surface area contributed by atoms with Crippen molar-refractivity contribution in [3.05, 3.63) is 89.2 Å². The number of benzene rings is 2. The molecule has 0 atom stereocenters. The number of rotatable bonds is 5. The van der Waals surface area contributed by atoms with Crippen molar-refractivity contribution >= 4 is 22.4 Å². The summed E-state index contributed by atoms with van der Waals surface area (Å²) in [7, 11) is 0. The summed E-state index contributed by atoms with van der Waals surface area (Å²) < 4.78 is 1.88. The summed E-state index contributed by atoms with van der Waals surface area (Å²) in [4.78, 5) is 18.0. The second-order valence-corrected chi connectivity index (χ2v) is 7.41. The molecule has 1 amide bonds. The highest BCUT2D eigenvalue weighted by Crippen LogP contribution is 2.26. The maximum atomic E-state index is 12.7.